The highest BCUT2D eigenvalue weighted by Crippen LogP contribution is 2.23. The minimum Gasteiger partial charge on any atom is -0.338 e. The van der Waals surface area contributed by atoms with Crippen LogP contribution in [0, 0.1) is 11.3 Å². The van der Waals surface area contributed by atoms with Crippen LogP contribution in [0.15, 0.2) is 60.7 Å². The highest BCUT2D eigenvalue weighted by atomic mass is 16.2. The number of rotatable bonds is 4. The monoisotopic (exact) mass is 379 g/mol. The van der Waals surface area contributed by atoms with E-state index in [1.165, 1.54) is 0 Å². The maximum Gasteiger partial charge on any atom is 0.253 e. The summed E-state index contributed by atoms with van der Waals surface area (Å²) in [7, 11) is 0. The predicted octanol–water partition coefficient (Wildman–Crippen LogP) is 5.03. The molecule has 0 bridgehead atoms. The molecule has 4 heteroatoms. The van der Waals surface area contributed by atoms with Gasteiger partial charge in [-0.3, -0.25) is 10.1 Å². The van der Waals surface area contributed by atoms with Gasteiger partial charge in [-0.1, -0.05) is 76.2 Å². The fraction of sp³-hybridized carbons (Fsp3) is 0.417. The summed E-state index contributed by atoms with van der Waals surface area (Å²) in [5.41, 5.74) is 1.32. The highest BCUT2D eigenvalue weighted by molar-refractivity contribution is 5.94. The average molecular weight is 380 g/mol. The van der Waals surface area contributed by atoms with E-state index in [0.717, 1.165) is 5.56 Å². The molecule has 0 saturated carbocycles. The van der Waals surface area contributed by atoms with Gasteiger partial charge in [-0.25, -0.2) is 0 Å². The summed E-state index contributed by atoms with van der Waals surface area (Å²) in [5, 5.41) is 13.0. The fourth-order valence-electron chi connectivity index (χ4n) is 3.05. The second-order valence-corrected chi connectivity index (χ2v) is 6.19. The molecule has 2 aromatic carbocycles. The SMILES string of the molecule is CC.CC.N#CC1(NCc2ccccc2)CCN(C(=O)c2ccccc2)CC1. The van der Waals surface area contributed by atoms with Gasteiger partial charge in [-0.2, -0.15) is 5.26 Å². The molecule has 4 nitrogen and oxygen atoms in total. The first kappa shape index (κ1) is 23.4. The summed E-state index contributed by atoms with van der Waals surface area (Å²) in [4.78, 5) is 14.3. The van der Waals surface area contributed by atoms with Crippen LogP contribution in [0.1, 0.15) is 56.5 Å². The van der Waals surface area contributed by atoms with Crippen LogP contribution in [0.5, 0.6) is 0 Å². The number of hydrogen-bond donors (Lipinski definition) is 1. The summed E-state index contributed by atoms with van der Waals surface area (Å²) in [6.07, 6.45) is 1.30. The molecular weight excluding hydrogens is 346 g/mol. The van der Waals surface area contributed by atoms with Crippen LogP contribution in [0.2, 0.25) is 0 Å². The molecule has 0 atom stereocenters. The minimum absolute atomic E-state index is 0.0465. The first-order valence-corrected chi connectivity index (χ1v) is 10.3. The highest BCUT2D eigenvalue weighted by Gasteiger charge is 2.35. The Hall–Kier alpha value is -2.64. The third-order valence-corrected chi connectivity index (χ3v) is 4.61. The Labute approximate surface area is 170 Å². The average Bonchev–Trinajstić information content (AvgIpc) is 2.81. The van der Waals surface area contributed by atoms with Gasteiger partial charge in [0, 0.05) is 25.2 Å². The first-order chi connectivity index (χ1) is 13.7. The van der Waals surface area contributed by atoms with Crippen molar-refractivity contribution >= 4 is 5.91 Å². The largest absolute Gasteiger partial charge is 0.338 e. The number of nitriles is 1. The van der Waals surface area contributed by atoms with E-state index in [1.54, 1.807) is 0 Å². The number of benzene rings is 2. The van der Waals surface area contributed by atoms with Gasteiger partial charge < -0.3 is 4.90 Å². The van der Waals surface area contributed by atoms with Crippen LogP contribution >= 0.6 is 0 Å². The molecule has 1 heterocycles. The Balaban J connectivity index is 0.000000921. The summed E-state index contributed by atoms with van der Waals surface area (Å²) >= 11 is 0. The number of carbonyl (C=O) groups excluding carboxylic acids is 1. The molecule has 150 valence electrons. The van der Waals surface area contributed by atoms with Crippen molar-refractivity contribution in [1.29, 1.82) is 5.26 Å². The third-order valence-electron chi connectivity index (χ3n) is 4.61. The van der Waals surface area contributed by atoms with Crippen molar-refractivity contribution in [3.05, 3.63) is 71.8 Å². The molecule has 28 heavy (non-hydrogen) atoms. The molecule has 3 rings (SSSR count). The fourth-order valence-corrected chi connectivity index (χ4v) is 3.05. The normalized spacial score (nSPS) is 14.5. The summed E-state index contributed by atoms with van der Waals surface area (Å²) < 4.78 is 0. The van der Waals surface area contributed by atoms with Gasteiger partial charge in [0.1, 0.15) is 5.54 Å². The Kier molecular flexibility index (Phi) is 10.6. The third kappa shape index (κ3) is 6.51. The lowest BCUT2D eigenvalue weighted by atomic mass is 9.88. The molecule has 0 aliphatic carbocycles. The Morgan fingerprint density at radius 1 is 0.964 bits per heavy atom. The molecule has 0 unspecified atom stereocenters. The standard InChI is InChI=1S/C20H21N3O.2C2H6/c21-16-20(22-15-17-7-3-1-4-8-17)11-13-23(14-12-20)19(24)18-9-5-2-6-10-18;2*1-2/h1-10,22H,11-15H2;2*1-2H3. The van der Waals surface area contributed by atoms with Crippen LogP contribution in [0.3, 0.4) is 0 Å². The summed E-state index contributed by atoms with van der Waals surface area (Å²) in [6, 6.07) is 21.8. The van der Waals surface area contributed by atoms with E-state index in [4.69, 9.17) is 0 Å². The van der Waals surface area contributed by atoms with E-state index >= 15 is 0 Å². The van der Waals surface area contributed by atoms with Crippen LogP contribution in [-0.4, -0.2) is 29.4 Å². The Bertz CT molecular complexity index is 715. The van der Waals surface area contributed by atoms with Crippen LogP contribution in [0.25, 0.3) is 0 Å². The molecule has 0 aromatic heterocycles. The van der Waals surface area contributed by atoms with E-state index in [9.17, 15) is 10.1 Å². The maximum atomic E-state index is 12.5. The van der Waals surface area contributed by atoms with E-state index in [0.29, 0.717) is 38.0 Å². The lowest BCUT2D eigenvalue weighted by Gasteiger charge is -2.38. The van der Waals surface area contributed by atoms with Gasteiger partial charge in [0.25, 0.3) is 5.91 Å². The lowest BCUT2D eigenvalue weighted by Crippen LogP contribution is -2.53. The van der Waals surface area contributed by atoms with E-state index in [1.807, 2.05) is 93.3 Å². The smallest absolute Gasteiger partial charge is 0.253 e. The van der Waals surface area contributed by atoms with Crippen molar-refractivity contribution in [1.82, 2.24) is 10.2 Å². The molecular formula is C24H33N3O. The van der Waals surface area contributed by atoms with Gasteiger partial charge in [0.15, 0.2) is 0 Å². The molecule has 2 aromatic rings. The molecule has 1 amide bonds. The van der Waals surface area contributed by atoms with Gasteiger partial charge in [0.2, 0.25) is 0 Å². The van der Waals surface area contributed by atoms with E-state index < -0.39 is 5.54 Å². The first-order valence-electron chi connectivity index (χ1n) is 10.3. The van der Waals surface area contributed by atoms with Crippen LogP contribution in [-0.2, 0) is 6.54 Å². The number of piperidine rings is 1. The Morgan fingerprint density at radius 2 is 1.46 bits per heavy atom. The van der Waals surface area contributed by atoms with Crippen molar-refractivity contribution in [3.63, 3.8) is 0 Å². The molecule has 1 fully saturated rings. The van der Waals surface area contributed by atoms with Crippen molar-refractivity contribution in [2.24, 2.45) is 0 Å². The van der Waals surface area contributed by atoms with Crippen LogP contribution < -0.4 is 5.32 Å². The Morgan fingerprint density at radius 3 is 1.96 bits per heavy atom. The number of amides is 1. The topological polar surface area (TPSA) is 56.1 Å². The second-order valence-electron chi connectivity index (χ2n) is 6.19. The lowest BCUT2D eigenvalue weighted by molar-refractivity contribution is 0.0677. The number of likely N-dealkylation sites (tertiary alicyclic amines) is 1. The van der Waals surface area contributed by atoms with Crippen LogP contribution in [0.4, 0.5) is 0 Å². The zero-order valence-corrected chi connectivity index (χ0v) is 17.6. The summed E-state index contributed by atoms with van der Waals surface area (Å²) in [5.74, 6) is 0.0465. The number of hydrogen-bond acceptors (Lipinski definition) is 3. The molecule has 0 radical (unpaired) electrons. The van der Waals surface area contributed by atoms with Gasteiger partial charge in [-0.05, 0) is 30.5 Å². The minimum atomic E-state index is -0.552. The van der Waals surface area contributed by atoms with E-state index in [2.05, 4.69) is 11.4 Å². The van der Waals surface area contributed by atoms with Gasteiger partial charge >= 0.3 is 0 Å². The summed E-state index contributed by atoms with van der Waals surface area (Å²) in [6.45, 7) is 9.87. The molecule has 1 saturated heterocycles. The van der Waals surface area contributed by atoms with Gasteiger partial charge in [-0.15, -0.1) is 0 Å². The molecule has 0 spiro atoms. The molecule has 1 aliphatic rings. The second kappa shape index (κ2) is 12.7. The number of nitrogens with zero attached hydrogens (tertiary/aromatic N) is 2. The van der Waals surface area contributed by atoms with Gasteiger partial charge in [0.05, 0.1) is 6.07 Å². The quantitative estimate of drug-likeness (QED) is 0.811. The van der Waals surface area contributed by atoms with Crippen molar-refractivity contribution in [2.45, 2.75) is 52.6 Å². The zero-order valence-electron chi connectivity index (χ0n) is 17.6. The zero-order chi connectivity index (χ0) is 20.8. The number of nitrogens with one attached hydrogen (secondary N) is 1. The number of carbonyl (C=O) groups is 1. The maximum absolute atomic E-state index is 12.5. The molecule has 1 aliphatic heterocycles. The van der Waals surface area contributed by atoms with Crippen molar-refractivity contribution < 1.29 is 4.79 Å². The van der Waals surface area contributed by atoms with E-state index in [-0.39, 0.29) is 5.91 Å². The van der Waals surface area contributed by atoms with Crippen molar-refractivity contribution in [2.75, 3.05) is 13.1 Å². The predicted molar refractivity (Wildman–Crippen MR) is 116 cm³/mol. The van der Waals surface area contributed by atoms with Crippen molar-refractivity contribution in [3.8, 4) is 6.07 Å². The molecule has 1 N–H and O–H groups in total.